The summed E-state index contributed by atoms with van der Waals surface area (Å²) in [6.07, 6.45) is 3.06. The van der Waals surface area contributed by atoms with Crippen LogP contribution in [0, 0.1) is 0 Å². The molecule has 0 aliphatic carbocycles. The van der Waals surface area contributed by atoms with E-state index in [4.69, 9.17) is 21.4 Å². The van der Waals surface area contributed by atoms with Crippen LogP contribution in [0.3, 0.4) is 0 Å². The van der Waals surface area contributed by atoms with Crippen molar-refractivity contribution in [3.8, 4) is 5.75 Å². The van der Waals surface area contributed by atoms with E-state index in [1.807, 2.05) is 0 Å². The number of ether oxygens (including phenoxy) is 1. The summed E-state index contributed by atoms with van der Waals surface area (Å²) in [7, 11) is -4.03. The van der Waals surface area contributed by atoms with Gasteiger partial charge in [0.15, 0.2) is 0 Å². The number of carbonyl (C=O) groups excluding carboxylic acids is 1. The molecule has 0 radical (unpaired) electrons. The number of nitrogens with one attached hydrogen (secondary N) is 2. The van der Waals surface area contributed by atoms with E-state index in [1.165, 1.54) is 30.5 Å². The number of halogens is 2. The maximum Gasteiger partial charge on any atom is 0.303 e. The van der Waals surface area contributed by atoms with Crippen molar-refractivity contribution >= 4 is 45.9 Å². The molecular formula is C18H21Cl2N3O6S. The second-order valence-corrected chi connectivity index (χ2v) is 8.07. The number of pyridine rings is 1. The molecule has 164 valence electrons. The summed E-state index contributed by atoms with van der Waals surface area (Å²) >= 11 is 5.78. The number of rotatable bonds is 11. The number of hydrogen-bond acceptors (Lipinski definition) is 6. The number of carboxylic acid groups (broad SMARTS) is 1. The van der Waals surface area contributed by atoms with Gasteiger partial charge in [-0.15, -0.1) is 12.4 Å². The number of amides is 1. The highest BCUT2D eigenvalue weighted by atomic mass is 35.5. The van der Waals surface area contributed by atoms with Crippen molar-refractivity contribution in [2.24, 2.45) is 0 Å². The van der Waals surface area contributed by atoms with Gasteiger partial charge < -0.3 is 15.2 Å². The molecule has 0 aliphatic rings. The molecule has 2 rings (SSSR count). The van der Waals surface area contributed by atoms with Crippen LogP contribution in [0.1, 0.15) is 12.8 Å². The van der Waals surface area contributed by atoms with Crippen molar-refractivity contribution in [1.29, 1.82) is 0 Å². The molecule has 0 fully saturated rings. The van der Waals surface area contributed by atoms with Crippen LogP contribution in [0.5, 0.6) is 5.75 Å². The Labute approximate surface area is 185 Å². The van der Waals surface area contributed by atoms with Crippen LogP contribution in [-0.2, 0) is 19.6 Å². The molecule has 3 N–H and O–H groups in total. The van der Waals surface area contributed by atoms with Crippen LogP contribution in [0.25, 0.3) is 0 Å². The van der Waals surface area contributed by atoms with Gasteiger partial charge in [0.25, 0.3) is 0 Å². The van der Waals surface area contributed by atoms with E-state index in [-0.39, 0.29) is 43.3 Å². The Morgan fingerprint density at radius 2 is 1.90 bits per heavy atom. The second kappa shape index (κ2) is 12.3. The standard InChI is InChI=1S/C18H20ClN3O6S.ClH/c19-13-5-7-15(8-6-13)29(26,27)22-16(12-28-14-3-1-9-20-11-14)18(25)21-10-2-4-17(23)24;/h1,3,5-9,11,16,22H,2,4,10,12H2,(H,21,25)(H,23,24);1H/t16-;/m0./s1. The van der Waals surface area contributed by atoms with Crippen molar-refractivity contribution in [3.63, 3.8) is 0 Å². The van der Waals surface area contributed by atoms with Crippen molar-refractivity contribution in [2.45, 2.75) is 23.8 Å². The lowest BCUT2D eigenvalue weighted by Crippen LogP contribution is -2.50. The molecule has 1 heterocycles. The van der Waals surface area contributed by atoms with Gasteiger partial charge in [-0.1, -0.05) is 11.6 Å². The summed E-state index contributed by atoms with van der Waals surface area (Å²) in [5.74, 6) is -1.27. The third kappa shape index (κ3) is 8.54. The molecule has 2 aromatic rings. The Kier molecular flexibility index (Phi) is 10.5. The highest BCUT2D eigenvalue weighted by Crippen LogP contribution is 2.15. The molecule has 12 heteroatoms. The van der Waals surface area contributed by atoms with Gasteiger partial charge in [0.2, 0.25) is 15.9 Å². The number of carboxylic acids is 1. The smallest absolute Gasteiger partial charge is 0.303 e. The molecule has 30 heavy (non-hydrogen) atoms. The van der Waals surface area contributed by atoms with Gasteiger partial charge in [-0.05, 0) is 42.8 Å². The average molecular weight is 478 g/mol. The summed E-state index contributed by atoms with van der Waals surface area (Å²) in [5.41, 5.74) is 0. The van der Waals surface area contributed by atoms with Gasteiger partial charge in [-0.25, -0.2) is 8.42 Å². The van der Waals surface area contributed by atoms with Gasteiger partial charge >= 0.3 is 5.97 Å². The lowest BCUT2D eigenvalue weighted by atomic mass is 10.2. The zero-order valence-electron chi connectivity index (χ0n) is 15.7. The molecule has 1 aromatic heterocycles. The Morgan fingerprint density at radius 1 is 1.20 bits per heavy atom. The molecule has 0 saturated carbocycles. The van der Waals surface area contributed by atoms with Gasteiger partial charge in [-0.3, -0.25) is 14.6 Å². The fraction of sp³-hybridized carbons (Fsp3) is 0.278. The molecule has 0 unspecified atom stereocenters. The van der Waals surface area contributed by atoms with E-state index in [2.05, 4.69) is 15.0 Å². The van der Waals surface area contributed by atoms with Gasteiger partial charge in [0.1, 0.15) is 18.4 Å². The Hall–Kier alpha value is -2.40. The minimum atomic E-state index is -4.03. The third-order valence-electron chi connectivity index (χ3n) is 3.66. The first-order valence-corrected chi connectivity index (χ1v) is 10.4. The first-order chi connectivity index (χ1) is 13.8. The summed E-state index contributed by atoms with van der Waals surface area (Å²) in [5, 5.41) is 11.5. The largest absolute Gasteiger partial charge is 0.490 e. The van der Waals surface area contributed by atoms with E-state index < -0.39 is 27.9 Å². The molecular weight excluding hydrogens is 457 g/mol. The number of aromatic nitrogens is 1. The molecule has 1 atom stereocenters. The molecule has 0 saturated heterocycles. The number of carbonyl (C=O) groups is 2. The maximum atomic E-state index is 12.6. The monoisotopic (exact) mass is 477 g/mol. The third-order valence-corrected chi connectivity index (χ3v) is 5.40. The van der Waals surface area contributed by atoms with Gasteiger partial charge in [-0.2, -0.15) is 4.72 Å². The normalized spacial score (nSPS) is 11.8. The first kappa shape index (κ1) is 25.6. The van der Waals surface area contributed by atoms with Crippen molar-refractivity contribution in [3.05, 3.63) is 53.8 Å². The average Bonchev–Trinajstić information content (AvgIpc) is 2.69. The summed E-state index contributed by atoms with van der Waals surface area (Å²) in [6, 6.07) is 7.47. The Morgan fingerprint density at radius 3 is 2.50 bits per heavy atom. The predicted octanol–water partition coefficient (Wildman–Crippen LogP) is 1.86. The topological polar surface area (TPSA) is 135 Å². The van der Waals surface area contributed by atoms with Crippen LogP contribution in [0.2, 0.25) is 5.02 Å². The van der Waals surface area contributed by atoms with Crippen molar-refractivity contribution in [1.82, 2.24) is 15.0 Å². The molecule has 1 amide bonds. The van der Waals surface area contributed by atoms with E-state index >= 15 is 0 Å². The minimum absolute atomic E-state index is 0. The van der Waals surface area contributed by atoms with Crippen LogP contribution >= 0.6 is 24.0 Å². The second-order valence-electron chi connectivity index (χ2n) is 5.92. The lowest BCUT2D eigenvalue weighted by Gasteiger charge is -2.19. The molecule has 0 aliphatic heterocycles. The van der Waals surface area contributed by atoms with Crippen LogP contribution in [-0.4, -0.2) is 49.6 Å². The number of benzene rings is 1. The summed E-state index contributed by atoms with van der Waals surface area (Å²) in [4.78, 5) is 26.9. The zero-order valence-corrected chi connectivity index (χ0v) is 18.0. The van der Waals surface area contributed by atoms with Gasteiger partial charge in [0.05, 0.1) is 11.1 Å². The van der Waals surface area contributed by atoms with E-state index in [0.29, 0.717) is 10.8 Å². The Balaban J connectivity index is 0.00000450. The fourth-order valence-corrected chi connectivity index (χ4v) is 3.52. The lowest BCUT2D eigenvalue weighted by molar-refractivity contribution is -0.137. The minimum Gasteiger partial charge on any atom is -0.490 e. The van der Waals surface area contributed by atoms with Gasteiger partial charge in [0, 0.05) is 24.2 Å². The quantitative estimate of drug-likeness (QED) is 0.420. The first-order valence-electron chi connectivity index (χ1n) is 8.58. The SMILES string of the molecule is Cl.O=C(O)CCCNC(=O)[C@H](COc1cccnc1)NS(=O)(=O)c1ccc(Cl)cc1. The van der Waals surface area contributed by atoms with E-state index in [0.717, 1.165) is 0 Å². The van der Waals surface area contributed by atoms with E-state index in [1.54, 1.807) is 18.3 Å². The van der Waals surface area contributed by atoms with Crippen LogP contribution in [0.15, 0.2) is 53.7 Å². The van der Waals surface area contributed by atoms with Crippen LogP contribution in [0.4, 0.5) is 0 Å². The number of nitrogens with zero attached hydrogens (tertiary/aromatic N) is 1. The summed E-state index contributed by atoms with van der Waals surface area (Å²) < 4.78 is 33.0. The Bertz CT molecular complexity index is 927. The fourth-order valence-electron chi connectivity index (χ4n) is 2.22. The number of hydrogen-bond donors (Lipinski definition) is 3. The zero-order chi connectivity index (χ0) is 21.3. The predicted molar refractivity (Wildman–Crippen MR) is 112 cm³/mol. The highest BCUT2D eigenvalue weighted by Gasteiger charge is 2.26. The molecule has 0 spiro atoms. The van der Waals surface area contributed by atoms with E-state index in [9.17, 15) is 18.0 Å². The number of aliphatic carboxylic acids is 1. The number of sulfonamides is 1. The van der Waals surface area contributed by atoms with Crippen LogP contribution < -0.4 is 14.8 Å². The van der Waals surface area contributed by atoms with Crippen molar-refractivity contribution < 1.29 is 27.9 Å². The molecule has 1 aromatic carbocycles. The summed E-state index contributed by atoms with van der Waals surface area (Å²) in [6.45, 7) is -0.208. The molecule has 9 nitrogen and oxygen atoms in total. The highest BCUT2D eigenvalue weighted by molar-refractivity contribution is 7.89. The van der Waals surface area contributed by atoms with Crippen molar-refractivity contribution in [2.75, 3.05) is 13.2 Å². The maximum absolute atomic E-state index is 12.6. The molecule has 0 bridgehead atoms.